The van der Waals surface area contributed by atoms with Crippen LogP contribution in [0.4, 0.5) is 0 Å². The summed E-state index contributed by atoms with van der Waals surface area (Å²) < 4.78 is 23.6. The summed E-state index contributed by atoms with van der Waals surface area (Å²) in [5.41, 5.74) is -0.207. The van der Waals surface area contributed by atoms with Gasteiger partial charge in [-0.2, -0.15) is 0 Å². The molecule has 0 spiro atoms. The van der Waals surface area contributed by atoms with E-state index in [1.807, 2.05) is 6.92 Å². The number of carbonyl (C=O) groups is 2. The Labute approximate surface area is 207 Å². The highest BCUT2D eigenvalue weighted by Gasteiger charge is 2.37. The first-order chi connectivity index (χ1) is 16.8. The smallest absolute Gasteiger partial charge is 0.329 e. The fourth-order valence-corrected chi connectivity index (χ4v) is 4.68. The largest absolute Gasteiger partial charge is 0.503 e. The van der Waals surface area contributed by atoms with Crippen molar-refractivity contribution in [1.29, 1.82) is 0 Å². The maximum absolute atomic E-state index is 13.1. The molecule has 2 fully saturated rings. The zero-order chi connectivity index (χ0) is 25.4. The number of esters is 1. The molecule has 2 aliphatic rings. The van der Waals surface area contributed by atoms with Crippen LogP contribution in [-0.2, 0) is 19.0 Å². The molecule has 0 radical (unpaired) electrons. The summed E-state index contributed by atoms with van der Waals surface area (Å²) in [6.07, 6.45) is 7.58. The fourth-order valence-electron chi connectivity index (χ4n) is 4.68. The van der Waals surface area contributed by atoms with E-state index < -0.39 is 24.0 Å². The number of aromatic hydroxyl groups is 1. The molecule has 2 N–H and O–H groups in total. The number of rotatable bonds is 8. The summed E-state index contributed by atoms with van der Waals surface area (Å²) in [6.45, 7) is 6.62. The van der Waals surface area contributed by atoms with Gasteiger partial charge in [-0.15, -0.1) is 0 Å². The highest BCUT2D eigenvalue weighted by molar-refractivity contribution is 5.97. The number of methoxy groups -OCH3 is 1. The molecule has 1 aliphatic carbocycles. The Hall–Kier alpha value is -2.39. The van der Waals surface area contributed by atoms with Crippen LogP contribution in [0.15, 0.2) is 12.3 Å². The van der Waals surface area contributed by atoms with Gasteiger partial charge in [-0.05, 0) is 44.9 Å². The van der Waals surface area contributed by atoms with Crippen LogP contribution in [0.3, 0.4) is 0 Å². The molecule has 0 unspecified atom stereocenters. The maximum atomic E-state index is 13.1. The molecule has 1 aliphatic heterocycles. The van der Waals surface area contributed by atoms with Gasteiger partial charge >= 0.3 is 5.97 Å². The van der Waals surface area contributed by atoms with Crippen molar-refractivity contribution in [3.8, 4) is 11.5 Å². The molecule has 0 aromatic carbocycles. The Morgan fingerprint density at radius 2 is 1.94 bits per heavy atom. The van der Waals surface area contributed by atoms with E-state index in [1.165, 1.54) is 25.8 Å². The molecule has 1 aromatic heterocycles. The van der Waals surface area contributed by atoms with Gasteiger partial charge in [0.2, 0.25) is 0 Å². The molecule has 3 rings (SSSR count). The van der Waals surface area contributed by atoms with Crippen molar-refractivity contribution < 1.29 is 33.6 Å². The third-order valence-electron chi connectivity index (χ3n) is 6.57. The Morgan fingerprint density at radius 3 is 2.63 bits per heavy atom. The van der Waals surface area contributed by atoms with Gasteiger partial charge in [0.25, 0.3) is 5.91 Å². The predicted molar refractivity (Wildman–Crippen MR) is 129 cm³/mol. The van der Waals surface area contributed by atoms with Crippen molar-refractivity contribution in [1.82, 2.24) is 10.3 Å². The summed E-state index contributed by atoms with van der Waals surface area (Å²) in [6, 6.07) is 0.572. The third-order valence-corrected chi connectivity index (χ3v) is 6.57. The van der Waals surface area contributed by atoms with Crippen LogP contribution in [0.1, 0.15) is 82.6 Å². The minimum atomic E-state index is -0.878. The number of amides is 1. The molecule has 1 aromatic rings. The van der Waals surface area contributed by atoms with Gasteiger partial charge in [-0.25, -0.2) is 9.78 Å². The van der Waals surface area contributed by atoms with Gasteiger partial charge in [0, 0.05) is 18.9 Å². The van der Waals surface area contributed by atoms with E-state index in [0.29, 0.717) is 31.8 Å². The van der Waals surface area contributed by atoms with Crippen molar-refractivity contribution in [2.45, 2.75) is 103 Å². The topological polar surface area (TPSA) is 116 Å². The van der Waals surface area contributed by atoms with Gasteiger partial charge in [0.05, 0.1) is 19.3 Å². The first kappa shape index (κ1) is 27.2. The summed E-state index contributed by atoms with van der Waals surface area (Å²) in [5, 5.41) is 13.0. The van der Waals surface area contributed by atoms with Crippen LogP contribution in [0.2, 0.25) is 0 Å². The lowest BCUT2D eigenvalue weighted by atomic mass is 9.96. The number of ether oxygens (including phenoxy) is 4. The molecule has 4 atom stereocenters. The van der Waals surface area contributed by atoms with Crippen LogP contribution in [0, 0.1) is 5.92 Å². The second-order valence-corrected chi connectivity index (χ2v) is 9.94. The van der Waals surface area contributed by atoms with Crippen molar-refractivity contribution >= 4 is 11.9 Å². The van der Waals surface area contributed by atoms with E-state index in [1.54, 1.807) is 0 Å². The normalized spacial score (nSPS) is 26.4. The van der Waals surface area contributed by atoms with E-state index in [9.17, 15) is 14.7 Å². The van der Waals surface area contributed by atoms with E-state index in [2.05, 4.69) is 24.1 Å². The van der Waals surface area contributed by atoms with Gasteiger partial charge in [-0.1, -0.05) is 33.1 Å². The van der Waals surface area contributed by atoms with Gasteiger partial charge in [0.15, 0.2) is 17.2 Å². The van der Waals surface area contributed by atoms with Crippen LogP contribution in [0.5, 0.6) is 11.5 Å². The summed E-state index contributed by atoms with van der Waals surface area (Å²) in [7, 11) is 1.39. The molecular formula is C26H40N2O7. The minimum absolute atomic E-state index is 0.128. The molecule has 9 heteroatoms. The number of cyclic esters (lactones) is 1. The minimum Gasteiger partial charge on any atom is -0.503 e. The highest BCUT2D eigenvalue weighted by atomic mass is 16.6. The van der Waals surface area contributed by atoms with Crippen molar-refractivity contribution in [3.05, 3.63) is 18.0 Å². The van der Waals surface area contributed by atoms with E-state index in [4.69, 9.17) is 18.9 Å². The number of pyridine rings is 1. The number of hydrogen-bond donors (Lipinski definition) is 2. The van der Waals surface area contributed by atoms with E-state index in [0.717, 1.165) is 25.7 Å². The molecular weight excluding hydrogens is 452 g/mol. The summed E-state index contributed by atoms with van der Waals surface area (Å²) in [4.78, 5) is 29.9. The molecule has 1 amide bonds. The van der Waals surface area contributed by atoms with Crippen molar-refractivity contribution in [3.63, 3.8) is 0 Å². The van der Waals surface area contributed by atoms with Crippen molar-refractivity contribution in [2.75, 3.05) is 13.7 Å². The van der Waals surface area contributed by atoms with Gasteiger partial charge in [0.1, 0.15) is 18.2 Å². The van der Waals surface area contributed by atoms with Crippen LogP contribution < -0.4 is 10.1 Å². The lowest BCUT2D eigenvalue weighted by Gasteiger charge is -2.35. The predicted octanol–water partition coefficient (Wildman–Crippen LogP) is 3.77. The first-order valence-electron chi connectivity index (χ1n) is 12.8. The van der Waals surface area contributed by atoms with Crippen LogP contribution in [0.25, 0.3) is 0 Å². The van der Waals surface area contributed by atoms with Crippen LogP contribution >= 0.6 is 0 Å². The molecule has 1 saturated heterocycles. The maximum Gasteiger partial charge on any atom is 0.329 e. The quantitative estimate of drug-likeness (QED) is 0.527. The lowest BCUT2D eigenvalue weighted by Crippen LogP contribution is -2.47. The number of nitrogens with one attached hydrogen (secondary N) is 1. The molecule has 2 heterocycles. The van der Waals surface area contributed by atoms with E-state index in [-0.39, 0.29) is 35.5 Å². The number of aromatic nitrogens is 1. The molecule has 35 heavy (non-hydrogen) atoms. The lowest BCUT2D eigenvalue weighted by molar-refractivity contribution is -0.178. The molecule has 196 valence electrons. The zero-order valence-electron chi connectivity index (χ0n) is 21.3. The average Bonchev–Trinajstić information content (AvgIpc) is 2.88. The van der Waals surface area contributed by atoms with Gasteiger partial charge in [-0.3, -0.25) is 4.79 Å². The first-order valence-corrected chi connectivity index (χ1v) is 12.8. The number of carbonyl (C=O) groups excluding carboxylic acids is 2. The average molecular weight is 493 g/mol. The fraction of sp³-hybridized carbons (Fsp3) is 0.731. The number of hydrogen-bond acceptors (Lipinski definition) is 8. The SMILES string of the molecule is COc1ccnc(C(=O)N[C@H]2CCC[C@H](OCC(C)C)[C@@H](OC3CCCCC3)[C@H](C)OC2=O)c1O. The monoisotopic (exact) mass is 492 g/mol. The van der Waals surface area contributed by atoms with Gasteiger partial charge < -0.3 is 29.4 Å². The second-order valence-electron chi connectivity index (χ2n) is 9.94. The standard InChI is InChI=1S/C26H40N2O7/c1-16(2)15-33-21-12-8-11-19(28-25(30)22-23(29)20(32-4)13-14-27-22)26(31)34-17(3)24(21)35-18-9-6-5-7-10-18/h13-14,16-19,21,24,29H,5-12,15H2,1-4H3,(H,28,30)/t17-,19-,21-,24-/m0/s1. The third kappa shape index (κ3) is 7.54. The second kappa shape index (κ2) is 13.1. The molecule has 9 nitrogen and oxygen atoms in total. The number of nitrogens with zero attached hydrogens (tertiary/aromatic N) is 1. The highest BCUT2D eigenvalue weighted by Crippen LogP contribution is 2.29. The zero-order valence-corrected chi connectivity index (χ0v) is 21.3. The molecule has 1 saturated carbocycles. The summed E-state index contributed by atoms with van der Waals surface area (Å²) >= 11 is 0. The summed E-state index contributed by atoms with van der Waals surface area (Å²) in [5.74, 6) is -1.08. The Balaban J connectivity index is 1.74. The molecule has 0 bridgehead atoms. The van der Waals surface area contributed by atoms with E-state index >= 15 is 0 Å². The van der Waals surface area contributed by atoms with Crippen LogP contribution in [-0.4, -0.2) is 66.1 Å². The Bertz CT molecular complexity index is 841. The Morgan fingerprint density at radius 1 is 1.20 bits per heavy atom. The van der Waals surface area contributed by atoms with Crippen molar-refractivity contribution in [2.24, 2.45) is 5.92 Å². The Kier molecular flexibility index (Phi) is 10.2.